The third-order valence-electron chi connectivity index (χ3n) is 5.62. The normalized spacial score (nSPS) is 22.4. The molecular formula is C24H32O4. The van der Waals surface area contributed by atoms with Gasteiger partial charge in [0.1, 0.15) is 0 Å². The summed E-state index contributed by atoms with van der Waals surface area (Å²) in [5.41, 5.74) is 6.14. The molecule has 0 bridgehead atoms. The fraction of sp³-hybridized carbons (Fsp3) is 0.500. The quantitative estimate of drug-likeness (QED) is 0.610. The Morgan fingerprint density at radius 2 is 1.71 bits per heavy atom. The molecule has 28 heavy (non-hydrogen) atoms. The summed E-state index contributed by atoms with van der Waals surface area (Å²) in [5.74, 6) is 0. The van der Waals surface area contributed by atoms with Crippen molar-refractivity contribution in [3.63, 3.8) is 0 Å². The standard InChI is InChI=1S/C24H32O4/c1-17-5-10-20(24-15-22(27)14-23(16-26)28-24)13-21(17)12-19-8-6-18(7-9-19)4-2-3-11-25/h5-10,13,22-27H,2-4,11-12,14-16H2,1H3/t22-,23-,24+/m0/s1. The van der Waals surface area contributed by atoms with Crippen molar-refractivity contribution in [2.24, 2.45) is 0 Å². The zero-order valence-corrected chi connectivity index (χ0v) is 16.7. The molecule has 0 unspecified atom stereocenters. The summed E-state index contributed by atoms with van der Waals surface area (Å²) in [6.07, 6.45) is 3.89. The third kappa shape index (κ3) is 5.65. The van der Waals surface area contributed by atoms with Gasteiger partial charge in [0.15, 0.2) is 0 Å². The molecule has 3 rings (SSSR count). The van der Waals surface area contributed by atoms with Crippen molar-refractivity contribution in [3.8, 4) is 0 Å². The monoisotopic (exact) mass is 384 g/mol. The number of ether oxygens (including phenoxy) is 1. The molecule has 0 aliphatic carbocycles. The molecular weight excluding hydrogens is 352 g/mol. The number of benzene rings is 2. The molecule has 4 heteroatoms. The van der Waals surface area contributed by atoms with Crippen molar-refractivity contribution in [3.05, 3.63) is 70.3 Å². The number of unbranched alkanes of at least 4 members (excludes halogenated alkanes) is 1. The van der Waals surface area contributed by atoms with Gasteiger partial charge in [-0.2, -0.15) is 0 Å². The predicted molar refractivity (Wildman–Crippen MR) is 110 cm³/mol. The average molecular weight is 385 g/mol. The molecule has 2 aromatic rings. The molecule has 0 radical (unpaired) electrons. The molecule has 1 fully saturated rings. The summed E-state index contributed by atoms with van der Waals surface area (Å²) in [4.78, 5) is 0. The van der Waals surface area contributed by atoms with Crippen molar-refractivity contribution in [1.82, 2.24) is 0 Å². The van der Waals surface area contributed by atoms with E-state index < -0.39 is 6.10 Å². The van der Waals surface area contributed by atoms with Crippen LogP contribution in [-0.2, 0) is 17.6 Å². The molecule has 3 atom stereocenters. The van der Waals surface area contributed by atoms with Gasteiger partial charge in [-0.05, 0) is 60.4 Å². The third-order valence-corrected chi connectivity index (χ3v) is 5.62. The lowest BCUT2D eigenvalue weighted by molar-refractivity contribution is -0.113. The van der Waals surface area contributed by atoms with Crippen molar-refractivity contribution in [1.29, 1.82) is 0 Å². The van der Waals surface area contributed by atoms with Crippen LogP contribution in [0.1, 0.15) is 59.6 Å². The first-order valence-electron chi connectivity index (χ1n) is 10.3. The SMILES string of the molecule is Cc1ccc([C@H]2C[C@@H](O)C[C@@H](CO)O2)cc1Cc1ccc(CCCCO)cc1. The van der Waals surface area contributed by atoms with E-state index in [1.165, 1.54) is 22.3 Å². The Balaban J connectivity index is 1.69. The van der Waals surface area contributed by atoms with Crippen molar-refractivity contribution < 1.29 is 20.1 Å². The van der Waals surface area contributed by atoms with Crippen LogP contribution in [0.3, 0.4) is 0 Å². The molecule has 3 N–H and O–H groups in total. The number of aliphatic hydroxyl groups is 3. The maximum atomic E-state index is 10.1. The molecule has 1 aliphatic rings. The van der Waals surface area contributed by atoms with E-state index in [0.717, 1.165) is 31.2 Å². The Kier molecular flexibility index (Phi) is 7.63. The molecule has 152 valence electrons. The highest BCUT2D eigenvalue weighted by Gasteiger charge is 2.29. The lowest BCUT2D eigenvalue weighted by atomic mass is 9.92. The topological polar surface area (TPSA) is 69.9 Å². The van der Waals surface area contributed by atoms with Gasteiger partial charge < -0.3 is 20.1 Å². The largest absolute Gasteiger partial charge is 0.396 e. The van der Waals surface area contributed by atoms with Gasteiger partial charge >= 0.3 is 0 Å². The lowest BCUT2D eigenvalue weighted by Crippen LogP contribution is -2.33. The van der Waals surface area contributed by atoms with Crippen LogP contribution in [0.5, 0.6) is 0 Å². The second kappa shape index (κ2) is 10.2. The van der Waals surface area contributed by atoms with Crippen LogP contribution < -0.4 is 0 Å². The fourth-order valence-corrected chi connectivity index (χ4v) is 3.89. The highest BCUT2D eigenvalue weighted by molar-refractivity contribution is 5.37. The second-order valence-corrected chi connectivity index (χ2v) is 7.91. The van der Waals surface area contributed by atoms with Crippen LogP contribution in [0, 0.1) is 6.92 Å². The van der Waals surface area contributed by atoms with Gasteiger partial charge in [0, 0.05) is 19.4 Å². The number of hydrogen-bond donors (Lipinski definition) is 3. The highest BCUT2D eigenvalue weighted by Crippen LogP contribution is 2.32. The highest BCUT2D eigenvalue weighted by atomic mass is 16.5. The number of aryl methyl sites for hydroxylation is 2. The lowest BCUT2D eigenvalue weighted by Gasteiger charge is -2.32. The predicted octanol–water partition coefficient (Wildman–Crippen LogP) is 3.47. The van der Waals surface area contributed by atoms with Crippen LogP contribution in [0.4, 0.5) is 0 Å². The number of rotatable bonds is 8. The summed E-state index contributed by atoms with van der Waals surface area (Å²) >= 11 is 0. The molecule has 1 saturated heterocycles. The van der Waals surface area contributed by atoms with Crippen LogP contribution >= 0.6 is 0 Å². The molecule has 1 heterocycles. The maximum absolute atomic E-state index is 10.1. The summed E-state index contributed by atoms with van der Waals surface area (Å²) in [7, 11) is 0. The fourth-order valence-electron chi connectivity index (χ4n) is 3.89. The Labute approximate surface area is 167 Å². The van der Waals surface area contributed by atoms with E-state index in [1.807, 2.05) is 0 Å². The summed E-state index contributed by atoms with van der Waals surface area (Å²) in [6.45, 7) is 2.32. The first-order chi connectivity index (χ1) is 13.6. The van der Waals surface area contributed by atoms with Gasteiger partial charge in [-0.1, -0.05) is 42.5 Å². The minimum absolute atomic E-state index is 0.0586. The molecule has 0 saturated carbocycles. The number of hydrogen-bond acceptors (Lipinski definition) is 4. The van der Waals surface area contributed by atoms with Crippen LogP contribution in [0.15, 0.2) is 42.5 Å². The average Bonchev–Trinajstić information content (AvgIpc) is 2.70. The molecule has 1 aliphatic heterocycles. The Bertz CT molecular complexity index is 741. The zero-order valence-electron chi connectivity index (χ0n) is 16.7. The Morgan fingerprint density at radius 3 is 2.43 bits per heavy atom. The van der Waals surface area contributed by atoms with E-state index >= 15 is 0 Å². The summed E-state index contributed by atoms with van der Waals surface area (Å²) < 4.78 is 5.97. The smallest absolute Gasteiger partial charge is 0.0854 e. The Morgan fingerprint density at radius 1 is 0.964 bits per heavy atom. The van der Waals surface area contributed by atoms with Gasteiger partial charge in [-0.25, -0.2) is 0 Å². The van der Waals surface area contributed by atoms with E-state index in [9.17, 15) is 10.2 Å². The van der Waals surface area contributed by atoms with Gasteiger partial charge in [0.05, 0.1) is 24.9 Å². The molecule has 4 nitrogen and oxygen atoms in total. The minimum atomic E-state index is -0.431. The van der Waals surface area contributed by atoms with E-state index in [1.54, 1.807) is 0 Å². The van der Waals surface area contributed by atoms with E-state index in [2.05, 4.69) is 49.4 Å². The molecule has 0 aromatic heterocycles. The van der Waals surface area contributed by atoms with E-state index in [4.69, 9.17) is 9.84 Å². The van der Waals surface area contributed by atoms with Crippen LogP contribution in [0.2, 0.25) is 0 Å². The molecule has 0 amide bonds. The van der Waals surface area contributed by atoms with Gasteiger partial charge in [-0.3, -0.25) is 0 Å². The maximum Gasteiger partial charge on any atom is 0.0854 e. The van der Waals surface area contributed by atoms with E-state index in [0.29, 0.717) is 12.8 Å². The van der Waals surface area contributed by atoms with Crippen LogP contribution in [-0.4, -0.2) is 40.7 Å². The minimum Gasteiger partial charge on any atom is -0.396 e. The van der Waals surface area contributed by atoms with Crippen molar-refractivity contribution in [2.75, 3.05) is 13.2 Å². The van der Waals surface area contributed by atoms with Crippen molar-refractivity contribution in [2.45, 2.75) is 63.8 Å². The first-order valence-corrected chi connectivity index (χ1v) is 10.3. The summed E-state index contributed by atoms with van der Waals surface area (Å²) in [6, 6.07) is 15.1. The summed E-state index contributed by atoms with van der Waals surface area (Å²) in [5, 5.41) is 28.4. The molecule has 0 spiro atoms. The Hall–Kier alpha value is -1.72. The van der Waals surface area contributed by atoms with Crippen LogP contribution in [0.25, 0.3) is 0 Å². The van der Waals surface area contributed by atoms with E-state index in [-0.39, 0.29) is 25.4 Å². The van der Waals surface area contributed by atoms with Gasteiger partial charge in [0.2, 0.25) is 0 Å². The van der Waals surface area contributed by atoms with Gasteiger partial charge in [0.25, 0.3) is 0 Å². The number of aliphatic hydroxyl groups excluding tert-OH is 3. The zero-order chi connectivity index (χ0) is 19.9. The first kappa shape index (κ1) is 21.0. The second-order valence-electron chi connectivity index (χ2n) is 7.91. The molecule has 2 aromatic carbocycles. The van der Waals surface area contributed by atoms with Gasteiger partial charge in [-0.15, -0.1) is 0 Å². The van der Waals surface area contributed by atoms with Crippen molar-refractivity contribution >= 4 is 0 Å².